The van der Waals surface area contributed by atoms with Crippen molar-refractivity contribution in [1.29, 1.82) is 0 Å². The molecule has 0 saturated heterocycles. The van der Waals surface area contributed by atoms with Gasteiger partial charge in [-0.25, -0.2) is 15.6 Å². The van der Waals surface area contributed by atoms with E-state index in [0.717, 1.165) is 5.01 Å². The normalized spacial score (nSPS) is 14.6. The van der Waals surface area contributed by atoms with Gasteiger partial charge in [-0.15, -0.1) is 5.10 Å². The topological polar surface area (TPSA) is 576 Å². The number of hydrazine groups is 1. The maximum Gasteiger partial charge on any atom is 0.326 e. The fourth-order valence-corrected chi connectivity index (χ4v) is 7.73. The van der Waals surface area contributed by atoms with Gasteiger partial charge in [-0.1, -0.05) is 46.2 Å². The van der Waals surface area contributed by atoms with Crippen LogP contribution in [0.1, 0.15) is 90.3 Å². The van der Waals surface area contributed by atoms with Crippen molar-refractivity contribution in [3.05, 3.63) is 48.0 Å². The third-order valence-electron chi connectivity index (χ3n) is 12.5. The number of amides is 7. The Labute approximate surface area is 467 Å². The summed E-state index contributed by atoms with van der Waals surface area (Å²) in [6.07, 6.45) is 1.55. The van der Waals surface area contributed by atoms with E-state index < -0.39 is 120 Å². The van der Waals surface area contributed by atoms with Gasteiger partial charge in [0.1, 0.15) is 48.0 Å². The Morgan fingerprint density at radius 1 is 0.642 bits per heavy atom. The van der Waals surface area contributed by atoms with Gasteiger partial charge >= 0.3 is 11.9 Å². The SMILES string of the molecule is CC[C@H](C)[C@H](NC(=O)[C@@H](NC(=O)[C@@H](N)CC(=O)O)C(C)C)C(=O)N[C@@H](Cc1ccc(O)cc1)C(=O)N[C@@H](CCCN=C(N)N)C(=O)N[C@@H](CCCN=C(N)N)C(=O)N[C@@H](Cc1cnc[nH]1)C(=O)N[C@@H](CCCN(N)/C(N)=N\N)C(=O)O. The first-order valence-corrected chi connectivity index (χ1v) is 25.9. The van der Waals surface area contributed by atoms with E-state index in [2.05, 4.69) is 62.3 Å². The number of nitrogens with two attached hydrogens (primary N) is 8. The largest absolute Gasteiger partial charge is 0.508 e. The van der Waals surface area contributed by atoms with Crippen LogP contribution < -0.4 is 83.3 Å². The molecule has 0 spiro atoms. The molecular weight excluding hydrogens is 1060 g/mol. The zero-order valence-electron chi connectivity index (χ0n) is 45.8. The zero-order chi connectivity index (χ0) is 60.9. The van der Waals surface area contributed by atoms with Crippen molar-refractivity contribution < 1.29 is 58.5 Å². The first-order chi connectivity index (χ1) is 38.2. The van der Waals surface area contributed by atoms with Crippen LogP contribution in [0, 0.1) is 11.8 Å². The molecule has 2 aromatic rings. The fraction of sp³-hybridized carbons (Fsp3) is 0.562. The standard InChI is InChI=1S/C48H81N21O12/c1-5-25(4)37(67-43(78)36(24(2)3)66-38(73)29(49)21-35(71)72)44(79)65-33(19-26-12-14-28(70)15-13-26)41(76)62-30(9-6-16-58-46(50)51)39(74)61-31(10-7-17-59-47(52)53)40(75)64-34(20-27-22-57-23-60-27)42(77)63-32(45(80)81)11-8-18-69(56)48(54)68-55/h12-15,22-25,29-34,36-37,70H,5-11,16-21,49,55-56H2,1-4H3,(H2,54,68)(H,57,60)(H,61,74)(H,62,76)(H,63,77)(H,64,75)(H,65,79)(H,66,73)(H,67,78)(H,71,72)(H,80,81)(H4,50,51,58)(H4,52,53,59)/t25-,29-,30-,31-,32-,33-,34-,36-,37-/m0/s1. The van der Waals surface area contributed by atoms with Gasteiger partial charge in [0.15, 0.2) is 11.9 Å². The van der Waals surface area contributed by atoms with Crippen molar-refractivity contribution in [2.75, 3.05) is 19.6 Å². The number of carboxylic acids is 2. The molecule has 0 bridgehead atoms. The number of nitrogens with one attached hydrogen (secondary N) is 8. The number of carboxylic acid groups (broad SMARTS) is 2. The van der Waals surface area contributed by atoms with Crippen molar-refractivity contribution in [3.8, 4) is 5.75 Å². The molecule has 81 heavy (non-hydrogen) atoms. The molecule has 27 N–H and O–H groups in total. The number of phenols is 1. The summed E-state index contributed by atoms with van der Waals surface area (Å²) < 4.78 is 0. The van der Waals surface area contributed by atoms with Crippen molar-refractivity contribution in [2.45, 2.75) is 140 Å². The molecule has 0 unspecified atom stereocenters. The van der Waals surface area contributed by atoms with Gasteiger partial charge in [0.25, 0.3) is 0 Å². The molecule has 0 saturated carbocycles. The Bertz CT molecular complexity index is 2490. The molecule has 1 heterocycles. The van der Waals surface area contributed by atoms with Crippen LogP contribution in [0.15, 0.2) is 51.9 Å². The van der Waals surface area contributed by atoms with E-state index in [1.165, 1.54) is 36.8 Å². The first-order valence-electron chi connectivity index (χ1n) is 25.9. The van der Waals surface area contributed by atoms with Crippen molar-refractivity contribution in [1.82, 2.24) is 52.2 Å². The Hall–Kier alpha value is -9.01. The molecule has 7 amide bonds. The molecule has 9 atom stereocenters. The maximum atomic E-state index is 14.6. The van der Waals surface area contributed by atoms with Gasteiger partial charge in [-0.05, 0) is 68.1 Å². The number of carbonyl (C=O) groups is 9. The predicted octanol–water partition coefficient (Wildman–Crippen LogP) is -5.87. The number of hydrazone groups is 1. The molecular formula is C48H81N21O12. The highest BCUT2D eigenvalue weighted by Crippen LogP contribution is 2.16. The summed E-state index contributed by atoms with van der Waals surface area (Å²) in [6.45, 7) is 6.55. The Morgan fingerprint density at radius 3 is 1.58 bits per heavy atom. The van der Waals surface area contributed by atoms with Crippen LogP contribution in [-0.4, -0.2) is 169 Å². The number of aromatic amines is 1. The van der Waals surface area contributed by atoms with E-state index in [-0.39, 0.29) is 94.6 Å². The number of imidazole rings is 1. The van der Waals surface area contributed by atoms with Crippen LogP contribution >= 0.6 is 0 Å². The third kappa shape index (κ3) is 25.1. The second-order valence-corrected chi connectivity index (χ2v) is 19.3. The van der Waals surface area contributed by atoms with Gasteiger partial charge in [-0.2, -0.15) is 0 Å². The Balaban J connectivity index is 2.60. The summed E-state index contributed by atoms with van der Waals surface area (Å²) in [5.41, 5.74) is 34.3. The zero-order valence-corrected chi connectivity index (χ0v) is 45.8. The lowest BCUT2D eigenvalue weighted by Gasteiger charge is -2.30. The molecule has 0 aliphatic carbocycles. The van der Waals surface area contributed by atoms with E-state index in [1.807, 2.05) is 0 Å². The Morgan fingerprint density at radius 2 is 1.11 bits per heavy atom. The minimum absolute atomic E-state index is 0.00279. The van der Waals surface area contributed by atoms with Crippen LogP contribution in [0.5, 0.6) is 5.75 Å². The number of hydrogen-bond acceptors (Lipinski definition) is 17. The average molecular weight is 1140 g/mol. The van der Waals surface area contributed by atoms with Gasteiger partial charge in [-0.3, -0.25) is 53.4 Å². The first kappa shape index (κ1) is 68.1. The molecule has 33 nitrogen and oxygen atoms in total. The van der Waals surface area contributed by atoms with Crippen LogP contribution in [0.2, 0.25) is 0 Å². The van der Waals surface area contributed by atoms with Gasteiger partial charge < -0.3 is 97.8 Å². The molecule has 0 aliphatic heterocycles. The van der Waals surface area contributed by atoms with E-state index in [1.54, 1.807) is 27.7 Å². The molecule has 1 aromatic heterocycles. The molecule has 450 valence electrons. The molecule has 0 aliphatic rings. The molecule has 2 rings (SSSR count). The Kier molecular flexibility index (Phi) is 29.2. The summed E-state index contributed by atoms with van der Waals surface area (Å²) in [5, 5.41) is 51.6. The van der Waals surface area contributed by atoms with Gasteiger partial charge in [0, 0.05) is 44.4 Å². The van der Waals surface area contributed by atoms with Gasteiger partial charge in [0.2, 0.25) is 47.3 Å². The van der Waals surface area contributed by atoms with E-state index in [4.69, 9.17) is 51.2 Å². The smallest absolute Gasteiger partial charge is 0.326 e. The fourth-order valence-electron chi connectivity index (χ4n) is 7.73. The number of hydrogen-bond donors (Lipinski definition) is 19. The highest BCUT2D eigenvalue weighted by Gasteiger charge is 2.36. The number of aromatic hydroxyl groups is 1. The van der Waals surface area contributed by atoms with Crippen LogP contribution in [0.3, 0.4) is 0 Å². The second kappa shape index (κ2) is 34.8. The number of aliphatic imine (C=N–C) groups is 2. The van der Waals surface area contributed by atoms with Crippen LogP contribution in [0.4, 0.5) is 0 Å². The number of nitrogens with zero attached hydrogens (tertiary/aromatic N) is 5. The highest BCUT2D eigenvalue weighted by atomic mass is 16.4. The van der Waals surface area contributed by atoms with Crippen LogP contribution in [0.25, 0.3) is 0 Å². The highest BCUT2D eigenvalue weighted by molar-refractivity contribution is 5.98. The molecule has 1 aromatic carbocycles. The van der Waals surface area contributed by atoms with Crippen molar-refractivity contribution in [3.63, 3.8) is 0 Å². The quantitative estimate of drug-likeness (QED) is 0.00993. The van der Waals surface area contributed by atoms with Crippen molar-refractivity contribution >= 4 is 71.2 Å². The number of aliphatic carboxylic acids is 2. The maximum absolute atomic E-state index is 14.6. The number of phenolic OH excluding ortho intramolecular Hbond substituents is 1. The summed E-state index contributed by atoms with van der Waals surface area (Å²) in [5.74, 6) is -0.191. The third-order valence-corrected chi connectivity index (χ3v) is 12.5. The lowest BCUT2D eigenvalue weighted by Crippen LogP contribution is -2.61. The monoisotopic (exact) mass is 1140 g/mol. The lowest BCUT2D eigenvalue weighted by atomic mass is 9.95. The van der Waals surface area contributed by atoms with Crippen LogP contribution in [-0.2, 0) is 56.0 Å². The molecule has 33 heteroatoms. The number of rotatable bonds is 36. The van der Waals surface area contributed by atoms with E-state index >= 15 is 0 Å². The van der Waals surface area contributed by atoms with E-state index in [9.17, 15) is 53.4 Å². The second-order valence-electron chi connectivity index (χ2n) is 19.3. The summed E-state index contributed by atoms with van der Waals surface area (Å²) >= 11 is 0. The van der Waals surface area contributed by atoms with Gasteiger partial charge in [0.05, 0.1) is 18.8 Å². The number of guanidine groups is 3. The van der Waals surface area contributed by atoms with E-state index in [0.29, 0.717) is 17.7 Å². The number of aromatic nitrogens is 2. The minimum Gasteiger partial charge on any atom is -0.508 e. The molecule has 0 radical (unpaired) electrons. The summed E-state index contributed by atoms with van der Waals surface area (Å²) in [7, 11) is 0. The summed E-state index contributed by atoms with van der Waals surface area (Å²) in [6, 6.07) is -5.91. The molecule has 0 fully saturated rings. The minimum atomic E-state index is -1.50. The number of benzene rings is 1. The predicted molar refractivity (Wildman–Crippen MR) is 296 cm³/mol. The number of H-pyrrole nitrogens is 1. The van der Waals surface area contributed by atoms with Crippen molar-refractivity contribution in [2.24, 2.45) is 73.0 Å². The number of carbonyl (C=O) groups excluding carboxylic acids is 7. The average Bonchev–Trinajstić information content (AvgIpc) is 3.93. The summed E-state index contributed by atoms with van der Waals surface area (Å²) in [4.78, 5) is 137. The lowest BCUT2D eigenvalue weighted by molar-refractivity contribution is -0.142.